The second-order valence-corrected chi connectivity index (χ2v) is 5.95. The summed E-state index contributed by atoms with van der Waals surface area (Å²) in [5, 5.41) is 6.17. The minimum absolute atomic E-state index is 0.0705. The van der Waals surface area contributed by atoms with Crippen molar-refractivity contribution in [3.63, 3.8) is 0 Å². The van der Waals surface area contributed by atoms with Crippen molar-refractivity contribution < 1.29 is 8.81 Å². The van der Waals surface area contributed by atoms with E-state index >= 15 is 0 Å². The van der Waals surface area contributed by atoms with Crippen LogP contribution in [0.1, 0.15) is 38.0 Å². The van der Waals surface area contributed by atoms with E-state index in [2.05, 4.69) is 20.6 Å². The molecule has 0 amide bonds. The number of nitrogens with one attached hydrogen (secondary N) is 2. The van der Waals surface area contributed by atoms with Crippen LogP contribution in [0.5, 0.6) is 0 Å². The zero-order valence-corrected chi connectivity index (χ0v) is 12.8. The third kappa shape index (κ3) is 4.53. The second-order valence-electron chi connectivity index (χ2n) is 5.95. The Bertz CT molecular complexity index is 604. The standard InChI is InChI=1S/C15H21FN4O/c1-10-7-18-12(21-10)9-19-14-13(16)11(5-6-17-14)8-20-15(2,3)4/h5-7,20H,8-9H2,1-4H3,(H,17,19). The minimum Gasteiger partial charge on any atom is -0.444 e. The Morgan fingerprint density at radius 2 is 2.00 bits per heavy atom. The van der Waals surface area contributed by atoms with Gasteiger partial charge in [0.1, 0.15) is 5.76 Å². The third-order valence-corrected chi connectivity index (χ3v) is 2.85. The highest BCUT2D eigenvalue weighted by molar-refractivity contribution is 5.39. The van der Waals surface area contributed by atoms with E-state index in [-0.39, 0.29) is 17.2 Å². The molecule has 0 fully saturated rings. The van der Waals surface area contributed by atoms with Crippen molar-refractivity contribution in [2.75, 3.05) is 5.32 Å². The molecule has 0 spiro atoms. The molecule has 0 radical (unpaired) electrons. The zero-order chi connectivity index (χ0) is 15.5. The number of oxazole rings is 1. The van der Waals surface area contributed by atoms with Crippen molar-refractivity contribution in [2.24, 2.45) is 0 Å². The Balaban J connectivity index is 2.03. The molecule has 0 bridgehead atoms. The fourth-order valence-corrected chi connectivity index (χ4v) is 1.75. The molecular formula is C15H21FN4O. The first-order valence-electron chi connectivity index (χ1n) is 6.89. The van der Waals surface area contributed by atoms with Crippen LogP contribution in [0.2, 0.25) is 0 Å². The topological polar surface area (TPSA) is 63.0 Å². The first-order valence-corrected chi connectivity index (χ1v) is 6.89. The first-order chi connectivity index (χ1) is 9.85. The molecule has 2 rings (SSSR count). The number of rotatable bonds is 5. The van der Waals surface area contributed by atoms with E-state index in [4.69, 9.17) is 4.42 Å². The van der Waals surface area contributed by atoms with E-state index < -0.39 is 0 Å². The number of pyridine rings is 1. The Labute approximate surface area is 124 Å². The summed E-state index contributed by atoms with van der Waals surface area (Å²) in [6, 6.07) is 1.68. The molecule has 0 unspecified atom stereocenters. The average molecular weight is 292 g/mol. The lowest BCUT2D eigenvalue weighted by atomic mass is 10.1. The van der Waals surface area contributed by atoms with Gasteiger partial charge in [-0.2, -0.15) is 0 Å². The smallest absolute Gasteiger partial charge is 0.213 e. The zero-order valence-electron chi connectivity index (χ0n) is 12.8. The molecule has 114 valence electrons. The van der Waals surface area contributed by atoms with Gasteiger partial charge >= 0.3 is 0 Å². The molecule has 2 aromatic rings. The summed E-state index contributed by atoms with van der Waals surface area (Å²) >= 11 is 0. The first kappa shape index (κ1) is 15.4. The minimum atomic E-state index is -0.350. The van der Waals surface area contributed by atoms with Crippen LogP contribution in [-0.2, 0) is 13.1 Å². The normalized spacial score (nSPS) is 11.7. The van der Waals surface area contributed by atoms with Crippen LogP contribution in [0.15, 0.2) is 22.9 Å². The van der Waals surface area contributed by atoms with Crippen LogP contribution < -0.4 is 10.6 Å². The summed E-state index contributed by atoms with van der Waals surface area (Å²) in [6.45, 7) is 8.68. The van der Waals surface area contributed by atoms with Gasteiger partial charge in [-0.15, -0.1) is 0 Å². The number of hydrogen-bond acceptors (Lipinski definition) is 5. The van der Waals surface area contributed by atoms with Gasteiger partial charge in [0.25, 0.3) is 0 Å². The van der Waals surface area contributed by atoms with Crippen molar-refractivity contribution in [2.45, 2.75) is 46.3 Å². The van der Waals surface area contributed by atoms with E-state index in [0.29, 0.717) is 24.5 Å². The van der Waals surface area contributed by atoms with Crippen LogP contribution in [0.4, 0.5) is 10.2 Å². The lowest BCUT2D eigenvalue weighted by Gasteiger charge is -2.21. The SMILES string of the molecule is Cc1cnc(CNc2nccc(CNC(C)(C)C)c2F)o1. The molecule has 6 heteroatoms. The molecule has 0 aliphatic heterocycles. The predicted octanol–water partition coefficient (Wildman–Crippen LogP) is 3.02. The predicted molar refractivity (Wildman–Crippen MR) is 79.4 cm³/mol. The maximum Gasteiger partial charge on any atom is 0.213 e. The molecule has 0 aliphatic rings. The summed E-state index contributed by atoms with van der Waals surface area (Å²) in [6.07, 6.45) is 3.22. The second kappa shape index (κ2) is 6.22. The monoisotopic (exact) mass is 292 g/mol. The third-order valence-electron chi connectivity index (χ3n) is 2.85. The summed E-state index contributed by atoms with van der Waals surface area (Å²) < 4.78 is 19.7. The van der Waals surface area contributed by atoms with Gasteiger partial charge in [0.05, 0.1) is 12.7 Å². The molecule has 21 heavy (non-hydrogen) atoms. The molecule has 5 nitrogen and oxygen atoms in total. The Kier molecular flexibility index (Phi) is 4.57. The summed E-state index contributed by atoms with van der Waals surface area (Å²) in [4.78, 5) is 8.08. The Hall–Kier alpha value is -1.95. The van der Waals surface area contributed by atoms with Crippen molar-refractivity contribution in [3.05, 3.63) is 41.5 Å². The summed E-state index contributed by atoms with van der Waals surface area (Å²) in [7, 11) is 0. The van der Waals surface area contributed by atoms with E-state index in [1.165, 1.54) is 0 Å². The molecule has 2 N–H and O–H groups in total. The summed E-state index contributed by atoms with van der Waals surface area (Å²) in [5.74, 6) is 1.09. The van der Waals surface area contributed by atoms with E-state index in [1.54, 1.807) is 18.5 Å². The van der Waals surface area contributed by atoms with Crippen molar-refractivity contribution in [1.82, 2.24) is 15.3 Å². The molecule has 0 aromatic carbocycles. The van der Waals surface area contributed by atoms with Crippen LogP contribution in [0, 0.1) is 12.7 Å². The van der Waals surface area contributed by atoms with Gasteiger partial charge < -0.3 is 15.1 Å². The van der Waals surface area contributed by atoms with Crippen LogP contribution in [-0.4, -0.2) is 15.5 Å². The maximum absolute atomic E-state index is 14.3. The van der Waals surface area contributed by atoms with Gasteiger partial charge in [-0.25, -0.2) is 14.4 Å². The molecule has 0 saturated carbocycles. The van der Waals surface area contributed by atoms with Gasteiger partial charge in [0.2, 0.25) is 5.89 Å². The van der Waals surface area contributed by atoms with Crippen LogP contribution in [0.3, 0.4) is 0 Å². The number of nitrogens with zero attached hydrogens (tertiary/aromatic N) is 2. The fourth-order valence-electron chi connectivity index (χ4n) is 1.75. The molecule has 0 saturated heterocycles. The van der Waals surface area contributed by atoms with Crippen molar-refractivity contribution >= 4 is 5.82 Å². The fraction of sp³-hybridized carbons (Fsp3) is 0.467. The van der Waals surface area contributed by atoms with Crippen LogP contribution >= 0.6 is 0 Å². The maximum atomic E-state index is 14.3. The van der Waals surface area contributed by atoms with Crippen molar-refractivity contribution in [1.29, 1.82) is 0 Å². The van der Waals surface area contributed by atoms with Gasteiger partial charge in [-0.1, -0.05) is 0 Å². The Morgan fingerprint density at radius 1 is 1.24 bits per heavy atom. The number of aromatic nitrogens is 2. The van der Waals surface area contributed by atoms with Crippen molar-refractivity contribution in [3.8, 4) is 0 Å². The lowest BCUT2D eigenvalue weighted by molar-refractivity contribution is 0.418. The number of hydrogen-bond donors (Lipinski definition) is 2. The molecule has 0 atom stereocenters. The van der Waals surface area contributed by atoms with Gasteiger partial charge in [-0.3, -0.25) is 0 Å². The van der Waals surface area contributed by atoms with Gasteiger partial charge in [-0.05, 0) is 33.8 Å². The highest BCUT2D eigenvalue weighted by Gasteiger charge is 2.13. The number of aryl methyl sites for hydroxylation is 1. The molecular weight excluding hydrogens is 271 g/mol. The molecule has 0 aliphatic carbocycles. The van der Waals surface area contributed by atoms with E-state index in [0.717, 1.165) is 5.76 Å². The molecule has 2 heterocycles. The van der Waals surface area contributed by atoms with E-state index in [9.17, 15) is 4.39 Å². The van der Waals surface area contributed by atoms with Crippen LogP contribution in [0.25, 0.3) is 0 Å². The van der Waals surface area contributed by atoms with Gasteiger partial charge in [0.15, 0.2) is 11.6 Å². The number of anilines is 1. The van der Waals surface area contributed by atoms with E-state index in [1.807, 2.05) is 27.7 Å². The average Bonchev–Trinajstić information content (AvgIpc) is 2.81. The highest BCUT2D eigenvalue weighted by atomic mass is 19.1. The quantitative estimate of drug-likeness (QED) is 0.887. The molecule has 2 aromatic heterocycles. The largest absolute Gasteiger partial charge is 0.444 e. The highest BCUT2D eigenvalue weighted by Crippen LogP contribution is 2.17. The Morgan fingerprint density at radius 3 is 2.62 bits per heavy atom. The number of halogens is 1. The lowest BCUT2D eigenvalue weighted by Crippen LogP contribution is -2.35. The van der Waals surface area contributed by atoms with Gasteiger partial charge in [0, 0.05) is 23.8 Å². The summed E-state index contributed by atoms with van der Waals surface area (Å²) in [5.41, 5.74) is 0.504.